The molecule has 0 fully saturated rings. The molecule has 0 saturated heterocycles. The van der Waals surface area contributed by atoms with Crippen molar-refractivity contribution in [2.24, 2.45) is 0 Å². The van der Waals surface area contributed by atoms with E-state index in [2.05, 4.69) is 5.32 Å². The molecule has 2 aromatic rings. The van der Waals surface area contributed by atoms with Crippen LogP contribution in [0.2, 0.25) is 0 Å². The highest BCUT2D eigenvalue weighted by atomic mass is 32.1. The summed E-state index contributed by atoms with van der Waals surface area (Å²) in [4.78, 5) is 12.6. The molecule has 4 nitrogen and oxygen atoms in total. The Balaban J connectivity index is 2.07. The van der Waals surface area contributed by atoms with Crippen molar-refractivity contribution in [3.63, 3.8) is 0 Å². The molecule has 0 aliphatic heterocycles. The van der Waals surface area contributed by atoms with Crippen LogP contribution in [-0.2, 0) is 4.74 Å². The van der Waals surface area contributed by atoms with E-state index in [1.165, 1.54) is 17.4 Å². The fourth-order valence-electron chi connectivity index (χ4n) is 1.95. The molecule has 108 valence electrons. The van der Waals surface area contributed by atoms with Gasteiger partial charge in [0, 0.05) is 16.6 Å². The summed E-state index contributed by atoms with van der Waals surface area (Å²) in [5, 5.41) is 11.8. The van der Waals surface area contributed by atoms with Crippen LogP contribution in [0, 0.1) is 12.7 Å². The van der Waals surface area contributed by atoms with E-state index >= 15 is 0 Å². The summed E-state index contributed by atoms with van der Waals surface area (Å²) in [6.07, 6.45) is 0. The van der Waals surface area contributed by atoms with Crippen LogP contribution in [0.4, 0.5) is 4.39 Å². The second kappa shape index (κ2) is 6.78. The maximum atomic E-state index is 13.7. The number of hydrogen-bond acceptors (Lipinski definition) is 4. The Morgan fingerprint density at radius 1 is 1.45 bits per heavy atom. The first-order valence-electron chi connectivity index (χ1n) is 6.29. The quantitative estimate of drug-likeness (QED) is 0.803. The molecule has 2 rings (SSSR count). The first-order valence-corrected chi connectivity index (χ1v) is 7.11. The van der Waals surface area contributed by atoms with Gasteiger partial charge in [0.2, 0.25) is 0 Å². The Labute approximate surface area is 120 Å². The smallest absolute Gasteiger partial charge is 0.261 e. The Bertz CT molecular complexity index is 612. The second-order valence-electron chi connectivity index (χ2n) is 4.26. The van der Waals surface area contributed by atoms with E-state index in [9.17, 15) is 9.18 Å². The number of carbonyl (C=O) groups is 1. The van der Waals surface area contributed by atoms with Gasteiger partial charge in [-0.2, -0.15) is 0 Å². The summed E-state index contributed by atoms with van der Waals surface area (Å²) >= 11 is 1.28. The zero-order valence-corrected chi connectivity index (χ0v) is 11.9. The van der Waals surface area contributed by atoms with Crippen LogP contribution < -0.4 is 5.32 Å². The highest BCUT2D eigenvalue weighted by Gasteiger charge is 2.17. The number of hydrogen-bond donors (Lipinski definition) is 2. The molecule has 0 saturated carbocycles. The minimum Gasteiger partial charge on any atom is -0.394 e. The second-order valence-corrected chi connectivity index (χ2v) is 5.31. The summed E-state index contributed by atoms with van der Waals surface area (Å²) in [5.41, 5.74) is 0.664. The molecule has 0 atom stereocenters. The highest BCUT2D eigenvalue weighted by Crippen LogP contribution is 2.32. The molecule has 20 heavy (non-hydrogen) atoms. The number of nitrogens with one attached hydrogen (secondary N) is 1. The molecule has 1 aromatic carbocycles. The summed E-state index contributed by atoms with van der Waals surface area (Å²) < 4.78 is 19.6. The molecular formula is C14H16FNO3S. The van der Waals surface area contributed by atoms with Gasteiger partial charge in [-0.15, -0.1) is 11.3 Å². The minimum absolute atomic E-state index is 0.0390. The van der Waals surface area contributed by atoms with Crippen molar-refractivity contribution in [2.45, 2.75) is 6.92 Å². The topological polar surface area (TPSA) is 58.6 Å². The van der Waals surface area contributed by atoms with E-state index in [1.54, 1.807) is 19.1 Å². The van der Waals surface area contributed by atoms with Crippen LogP contribution in [0.1, 0.15) is 15.2 Å². The molecule has 1 heterocycles. The first kappa shape index (κ1) is 14.9. The zero-order chi connectivity index (χ0) is 14.5. The van der Waals surface area contributed by atoms with E-state index in [0.717, 1.165) is 4.70 Å². The van der Waals surface area contributed by atoms with Crippen LogP contribution in [0.3, 0.4) is 0 Å². The Kier molecular flexibility index (Phi) is 5.05. The van der Waals surface area contributed by atoms with Crippen molar-refractivity contribution in [3.05, 3.63) is 34.5 Å². The zero-order valence-electron chi connectivity index (χ0n) is 11.1. The predicted octanol–water partition coefficient (Wildman–Crippen LogP) is 2.09. The number of ether oxygens (including phenoxy) is 1. The fourth-order valence-corrected chi connectivity index (χ4v) is 3.09. The minimum atomic E-state index is -0.304. The number of amides is 1. The standard InChI is InChI=1S/C14H16FNO3S/c1-9-12-10(15)3-2-4-11(12)20-13(9)14(18)16-5-7-19-8-6-17/h2-4,17H,5-8H2,1H3,(H,16,18). The number of aliphatic hydroxyl groups is 1. The van der Waals surface area contributed by atoms with Gasteiger partial charge >= 0.3 is 0 Å². The lowest BCUT2D eigenvalue weighted by Crippen LogP contribution is -2.27. The van der Waals surface area contributed by atoms with Crippen molar-refractivity contribution in [3.8, 4) is 0 Å². The lowest BCUT2D eigenvalue weighted by atomic mass is 10.1. The first-order chi connectivity index (χ1) is 9.65. The van der Waals surface area contributed by atoms with Gasteiger partial charge in [0.25, 0.3) is 5.91 Å². The van der Waals surface area contributed by atoms with Gasteiger partial charge in [-0.25, -0.2) is 4.39 Å². The molecule has 1 aromatic heterocycles. The van der Waals surface area contributed by atoms with Crippen molar-refractivity contribution < 1.29 is 19.0 Å². The monoisotopic (exact) mass is 297 g/mol. The average Bonchev–Trinajstić information content (AvgIpc) is 2.77. The van der Waals surface area contributed by atoms with Crippen molar-refractivity contribution >= 4 is 27.3 Å². The van der Waals surface area contributed by atoms with Crippen LogP contribution in [0.15, 0.2) is 18.2 Å². The van der Waals surface area contributed by atoms with E-state index in [4.69, 9.17) is 9.84 Å². The summed E-state index contributed by atoms with van der Waals surface area (Å²) in [6.45, 7) is 2.66. The molecule has 6 heteroatoms. The van der Waals surface area contributed by atoms with Crippen LogP contribution in [-0.4, -0.2) is 37.4 Å². The number of halogens is 1. The van der Waals surface area contributed by atoms with Gasteiger partial charge in [-0.3, -0.25) is 4.79 Å². The normalized spacial score (nSPS) is 10.9. The molecule has 2 N–H and O–H groups in total. The highest BCUT2D eigenvalue weighted by molar-refractivity contribution is 7.21. The third kappa shape index (κ3) is 3.15. The van der Waals surface area contributed by atoms with Crippen LogP contribution in [0.5, 0.6) is 0 Å². The Hall–Kier alpha value is -1.50. The molecule has 0 aliphatic rings. The maximum Gasteiger partial charge on any atom is 0.261 e. The summed E-state index contributed by atoms with van der Waals surface area (Å²) in [5.74, 6) is -0.530. The van der Waals surface area contributed by atoms with Crippen molar-refractivity contribution in [2.75, 3.05) is 26.4 Å². The number of rotatable bonds is 6. The SMILES string of the molecule is Cc1c(C(=O)NCCOCCO)sc2cccc(F)c12. The Morgan fingerprint density at radius 3 is 2.95 bits per heavy atom. The van der Waals surface area contributed by atoms with Crippen LogP contribution >= 0.6 is 11.3 Å². The number of carbonyl (C=O) groups excluding carboxylic acids is 1. The largest absolute Gasteiger partial charge is 0.394 e. The number of aryl methyl sites for hydroxylation is 1. The van der Waals surface area contributed by atoms with Crippen molar-refractivity contribution in [1.29, 1.82) is 0 Å². The van der Waals surface area contributed by atoms with E-state index < -0.39 is 0 Å². The van der Waals surface area contributed by atoms with Gasteiger partial charge in [0.1, 0.15) is 5.82 Å². The van der Waals surface area contributed by atoms with Gasteiger partial charge in [-0.1, -0.05) is 6.07 Å². The van der Waals surface area contributed by atoms with Gasteiger partial charge < -0.3 is 15.2 Å². The summed E-state index contributed by atoms with van der Waals surface area (Å²) in [7, 11) is 0. The summed E-state index contributed by atoms with van der Waals surface area (Å²) in [6, 6.07) is 4.84. The molecule has 1 amide bonds. The third-order valence-corrected chi connectivity index (χ3v) is 4.13. The van der Waals surface area contributed by atoms with E-state index in [1.807, 2.05) is 0 Å². The molecule has 0 unspecified atom stereocenters. The van der Waals surface area contributed by atoms with Gasteiger partial charge in [-0.05, 0) is 24.6 Å². The maximum absolute atomic E-state index is 13.7. The molecule has 0 spiro atoms. The van der Waals surface area contributed by atoms with E-state index in [0.29, 0.717) is 29.0 Å². The number of fused-ring (bicyclic) bond motifs is 1. The van der Waals surface area contributed by atoms with Gasteiger partial charge in [0.05, 0.1) is 24.7 Å². The number of benzene rings is 1. The molecule has 0 bridgehead atoms. The lowest BCUT2D eigenvalue weighted by Gasteiger charge is -2.05. The van der Waals surface area contributed by atoms with E-state index in [-0.39, 0.29) is 24.9 Å². The number of thiophene rings is 1. The average molecular weight is 297 g/mol. The van der Waals surface area contributed by atoms with Gasteiger partial charge in [0.15, 0.2) is 0 Å². The van der Waals surface area contributed by atoms with Crippen LogP contribution in [0.25, 0.3) is 10.1 Å². The Morgan fingerprint density at radius 2 is 2.25 bits per heavy atom. The fraction of sp³-hybridized carbons (Fsp3) is 0.357. The molecule has 0 aliphatic carbocycles. The van der Waals surface area contributed by atoms with Crippen molar-refractivity contribution in [1.82, 2.24) is 5.32 Å². The third-order valence-electron chi connectivity index (χ3n) is 2.88. The lowest BCUT2D eigenvalue weighted by molar-refractivity contribution is 0.0840. The number of aliphatic hydroxyl groups excluding tert-OH is 1. The molecular weight excluding hydrogens is 281 g/mol. The molecule has 0 radical (unpaired) electrons. The predicted molar refractivity (Wildman–Crippen MR) is 76.8 cm³/mol.